The molecule has 0 spiro atoms. The van der Waals surface area contributed by atoms with Crippen LogP contribution in [0.15, 0.2) is 0 Å². The van der Waals surface area contributed by atoms with Crippen LogP contribution in [-0.2, 0) is 14.2 Å². The highest BCUT2D eigenvalue weighted by molar-refractivity contribution is 4.90. The van der Waals surface area contributed by atoms with Gasteiger partial charge in [0.1, 0.15) is 0 Å². The number of hydrogen-bond donors (Lipinski definition) is 0. The van der Waals surface area contributed by atoms with Crippen LogP contribution in [0.2, 0.25) is 0 Å². The maximum absolute atomic E-state index is 6.61. The van der Waals surface area contributed by atoms with Crippen LogP contribution < -0.4 is 0 Å². The van der Waals surface area contributed by atoms with Gasteiger partial charge in [0.2, 0.25) is 0 Å². The van der Waals surface area contributed by atoms with E-state index in [4.69, 9.17) is 14.2 Å². The van der Waals surface area contributed by atoms with Crippen LogP contribution in [0.5, 0.6) is 0 Å². The molecule has 178 valence electrons. The molecule has 0 amide bonds. The third-order valence-corrected chi connectivity index (χ3v) is 8.99. The van der Waals surface area contributed by atoms with Gasteiger partial charge in [0.15, 0.2) is 0 Å². The summed E-state index contributed by atoms with van der Waals surface area (Å²) in [6.07, 6.45) is 8.90. The Labute approximate surface area is 188 Å². The first-order valence-corrected chi connectivity index (χ1v) is 12.5. The second-order valence-electron chi connectivity index (χ2n) is 12.9. The van der Waals surface area contributed by atoms with Gasteiger partial charge in [0.05, 0.1) is 30.0 Å². The van der Waals surface area contributed by atoms with Crippen molar-refractivity contribution in [1.82, 2.24) is 0 Å². The van der Waals surface area contributed by atoms with Crippen molar-refractivity contribution in [3.63, 3.8) is 0 Å². The van der Waals surface area contributed by atoms with Crippen LogP contribution in [0, 0.1) is 29.1 Å². The summed E-state index contributed by atoms with van der Waals surface area (Å²) >= 11 is 0. The molecule has 0 bridgehead atoms. The zero-order chi connectivity index (χ0) is 22.8. The molecule has 0 saturated heterocycles. The van der Waals surface area contributed by atoms with E-state index in [1.807, 2.05) is 7.11 Å². The monoisotopic (exact) mass is 424 g/mol. The van der Waals surface area contributed by atoms with Gasteiger partial charge < -0.3 is 14.2 Å². The van der Waals surface area contributed by atoms with Crippen LogP contribution >= 0.6 is 0 Å². The Balaban J connectivity index is 1.81. The molecule has 2 rings (SSSR count). The molecule has 0 heterocycles. The van der Waals surface area contributed by atoms with Crippen LogP contribution in [0.3, 0.4) is 0 Å². The Bertz CT molecular complexity index is 529. The van der Waals surface area contributed by atoms with Crippen LogP contribution in [0.25, 0.3) is 0 Å². The summed E-state index contributed by atoms with van der Waals surface area (Å²) in [6.45, 7) is 22.2. The van der Waals surface area contributed by atoms with E-state index in [1.165, 1.54) is 44.9 Å². The molecule has 0 N–H and O–H groups in total. The summed E-state index contributed by atoms with van der Waals surface area (Å²) in [5.74, 6) is 2.62. The minimum absolute atomic E-state index is 0.0201. The van der Waals surface area contributed by atoms with Crippen LogP contribution in [0.1, 0.15) is 107 Å². The predicted molar refractivity (Wildman–Crippen MR) is 127 cm³/mol. The van der Waals surface area contributed by atoms with Crippen molar-refractivity contribution in [3.8, 4) is 0 Å². The van der Waals surface area contributed by atoms with Crippen molar-refractivity contribution in [2.75, 3.05) is 20.3 Å². The van der Waals surface area contributed by atoms with Crippen molar-refractivity contribution in [3.05, 3.63) is 0 Å². The van der Waals surface area contributed by atoms with Gasteiger partial charge in [-0.1, -0.05) is 27.2 Å². The van der Waals surface area contributed by atoms with Gasteiger partial charge in [0, 0.05) is 7.11 Å². The Morgan fingerprint density at radius 2 is 1.17 bits per heavy atom. The first kappa shape index (κ1) is 26.1. The number of methoxy groups -OCH3 is 1. The molecule has 2 aliphatic rings. The summed E-state index contributed by atoms with van der Waals surface area (Å²) in [6, 6.07) is 0. The molecule has 4 atom stereocenters. The van der Waals surface area contributed by atoms with Gasteiger partial charge in [-0.25, -0.2) is 0 Å². The van der Waals surface area contributed by atoms with Gasteiger partial charge in [-0.2, -0.15) is 0 Å². The number of ether oxygens (including phenoxy) is 3. The van der Waals surface area contributed by atoms with E-state index in [1.54, 1.807) is 0 Å². The maximum Gasteiger partial charge on any atom is 0.0674 e. The minimum atomic E-state index is -0.0927. The lowest BCUT2D eigenvalue weighted by Gasteiger charge is -2.40. The highest BCUT2D eigenvalue weighted by Crippen LogP contribution is 2.43. The van der Waals surface area contributed by atoms with Gasteiger partial charge in [-0.05, 0) is 109 Å². The van der Waals surface area contributed by atoms with Crippen molar-refractivity contribution >= 4 is 0 Å². The van der Waals surface area contributed by atoms with Crippen molar-refractivity contribution < 1.29 is 14.2 Å². The van der Waals surface area contributed by atoms with Crippen molar-refractivity contribution in [2.45, 2.75) is 124 Å². The molecule has 0 aromatic rings. The van der Waals surface area contributed by atoms with Gasteiger partial charge in [0.25, 0.3) is 0 Å². The molecule has 2 aliphatic carbocycles. The average molecular weight is 425 g/mol. The van der Waals surface area contributed by atoms with Gasteiger partial charge >= 0.3 is 0 Å². The zero-order valence-corrected chi connectivity index (χ0v) is 21.9. The lowest BCUT2D eigenvalue weighted by Crippen LogP contribution is -2.41. The largest absolute Gasteiger partial charge is 0.379 e. The van der Waals surface area contributed by atoms with E-state index >= 15 is 0 Å². The van der Waals surface area contributed by atoms with E-state index < -0.39 is 0 Å². The lowest BCUT2D eigenvalue weighted by molar-refractivity contribution is -0.106. The maximum atomic E-state index is 6.61. The smallest absolute Gasteiger partial charge is 0.0674 e. The second kappa shape index (κ2) is 9.79. The fourth-order valence-electron chi connectivity index (χ4n) is 5.09. The molecule has 3 nitrogen and oxygen atoms in total. The summed E-state index contributed by atoms with van der Waals surface area (Å²) in [4.78, 5) is 0. The molecular formula is C27H52O3. The quantitative estimate of drug-likeness (QED) is 0.389. The topological polar surface area (TPSA) is 27.7 Å². The third-order valence-electron chi connectivity index (χ3n) is 8.99. The summed E-state index contributed by atoms with van der Waals surface area (Å²) in [5.41, 5.74) is -0.00105. The summed E-state index contributed by atoms with van der Waals surface area (Å²) < 4.78 is 18.8. The van der Waals surface area contributed by atoms with E-state index in [2.05, 4.69) is 62.3 Å². The molecule has 0 aromatic carbocycles. The fraction of sp³-hybridized carbons (Fsp3) is 1.00. The molecule has 30 heavy (non-hydrogen) atoms. The first-order valence-electron chi connectivity index (χ1n) is 12.5. The molecule has 2 fully saturated rings. The first-order chi connectivity index (χ1) is 13.7. The van der Waals surface area contributed by atoms with Crippen LogP contribution in [0.4, 0.5) is 0 Å². The lowest BCUT2D eigenvalue weighted by atomic mass is 9.74. The van der Waals surface area contributed by atoms with Crippen molar-refractivity contribution in [2.24, 2.45) is 29.1 Å². The van der Waals surface area contributed by atoms with Gasteiger partial charge in [-0.15, -0.1) is 0 Å². The molecule has 0 aromatic heterocycles. The Morgan fingerprint density at radius 3 is 1.73 bits per heavy atom. The Kier molecular flexibility index (Phi) is 8.53. The van der Waals surface area contributed by atoms with Gasteiger partial charge in [-0.3, -0.25) is 0 Å². The van der Waals surface area contributed by atoms with Crippen molar-refractivity contribution in [1.29, 1.82) is 0 Å². The highest BCUT2D eigenvalue weighted by Gasteiger charge is 2.40. The average Bonchev–Trinajstić information content (AvgIpc) is 3.14. The second-order valence-corrected chi connectivity index (χ2v) is 12.9. The van der Waals surface area contributed by atoms with E-state index in [0.717, 1.165) is 13.2 Å². The molecule has 4 unspecified atom stereocenters. The highest BCUT2D eigenvalue weighted by atomic mass is 16.5. The predicted octanol–water partition coefficient (Wildman–Crippen LogP) is 7.27. The molecule has 0 aliphatic heterocycles. The zero-order valence-electron chi connectivity index (χ0n) is 21.9. The molecule has 3 heteroatoms. The Hall–Kier alpha value is -0.120. The Morgan fingerprint density at radius 1 is 0.633 bits per heavy atom. The van der Waals surface area contributed by atoms with E-state index in [9.17, 15) is 0 Å². The summed E-state index contributed by atoms with van der Waals surface area (Å²) in [7, 11) is 1.85. The third kappa shape index (κ3) is 6.69. The SMILES string of the molecule is COC(C)(C)C1CCCC(COC(C)(C)C2CCC(COC(C)(C)C(C)(C)C)C2)C1. The normalized spacial score (nSPS) is 29.4. The molecular weight excluding hydrogens is 372 g/mol. The number of rotatable bonds is 9. The fourth-order valence-corrected chi connectivity index (χ4v) is 5.09. The molecule has 2 saturated carbocycles. The minimum Gasteiger partial charge on any atom is -0.379 e. The standard InChI is InChI=1S/C27H52O3/c1-24(2,3)27(8,9)30-19-21-14-15-23(17-21)26(6,7)29-18-20-12-11-13-22(16-20)25(4,5)28-10/h20-23H,11-19H2,1-10H3. The molecule has 0 radical (unpaired) electrons. The summed E-state index contributed by atoms with van der Waals surface area (Å²) in [5, 5.41) is 0. The van der Waals surface area contributed by atoms with E-state index in [-0.39, 0.29) is 22.2 Å². The van der Waals surface area contributed by atoms with E-state index in [0.29, 0.717) is 23.7 Å². The van der Waals surface area contributed by atoms with Crippen LogP contribution in [-0.4, -0.2) is 37.1 Å². The number of hydrogen-bond acceptors (Lipinski definition) is 3.